The molecule has 0 spiro atoms. The normalized spacial score (nSPS) is 11.8. The van der Waals surface area contributed by atoms with E-state index >= 15 is 0 Å². The predicted octanol–water partition coefficient (Wildman–Crippen LogP) is -13.4. The second-order valence-corrected chi connectivity index (χ2v) is 21.6. The Balaban J connectivity index is 0.00000593. The number of carboxylic acids is 1. The van der Waals surface area contributed by atoms with Crippen LogP contribution in [-0.2, 0) is 67.3 Å². The number of hydrogen-bond donors (Lipinski definition) is 2. The molecule has 0 amide bonds. The van der Waals surface area contributed by atoms with E-state index in [0.717, 1.165) is 59.3 Å². The monoisotopic (exact) mass is 1230 g/mol. The van der Waals surface area contributed by atoms with Crippen molar-refractivity contribution in [2.75, 3.05) is 24.7 Å². The maximum absolute atomic E-state index is 12.7. The van der Waals surface area contributed by atoms with Crippen LogP contribution >= 0.6 is 24.4 Å². The number of carbonyl (C=O) groups is 1. The zero-order chi connectivity index (χ0) is 52.6. The first-order chi connectivity index (χ1) is 33.9. The Labute approximate surface area is 555 Å². The van der Waals surface area contributed by atoms with Crippen LogP contribution in [0.2, 0.25) is 0 Å². The molecule has 30 nitrogen and oxygen atoms in total. The number of aromatic hydroxyl groups is 2. The third-order valence-electron chi connectivity index (χ3n) is 9.21. The molecule has 0 aliphatic heterocycles. The molecular formula is C36H27N8Na5O22S6. The molecule has 0 aliphatic rings. The first-order valence-electron chi connectivity index (χ1n) is 19.0. The zero-order valence-electron chi connectivity index (χ0n) is 40.5. The third-order valence-corrected chi connectivity index (χ3v) is 14.9. The van der Waals surface area contributed by atoms with Crippen LogP contribution in [0.15, 0.2) is 125 Å². The van der Waals surface area contributed by atoms with Gasteiger partial charge in [-0.05, 0) is 85.3 Å². The van der Waals surface area contributed by atoms with Gasteiger partial charge in [0.25, 0.3) is 0 Å². The molecule has 2 aromatic heterocycles. The molecule has 2 heterocycles. The number of rotatable bonds is 24. The number of carbonyl (C=O) groups excluding carboxylic acids is 1. The number of aromatic carboxylic acids is 1. The number of benzene rings is 4. The van der Waals surface area contributed by atoms with E-state index in [1.165, 1.54) is 37.3 Å². The number of hydrogen-bond acceptors (Lipinski definition) is 30. The van der Waals surface area contributed by atoms with Crippen LogP contribution in [0.3, 0.4) is 0 Å². The Morgan fingerprint density at radius 3 is 1.62 bits per heavy atom. The van der Waals surface area contributed by atoms with Gasteiger partial charge in [0.1, 0.15) is 15.8 Å². The van der Waals surface area contributed by atoms with Crippen LogP contribution in [-0.4, -0.2) is 103 Å². The number of aromatic nitrogens is 4. The number of sulfone groups is 2. The fraction of sp³-hybridized carbons (Fsp3) is 0.139. The second kappa shape index (κ2) is 32.5. The van der Waals surface area contributed by atoms with Gasteiger partial charge in [-0.15, -0.1) is 14.6 Å². The average Bonchev–Trinajstić information content (AvgIpc) is 3.81. The predicted molar refractivity (Wildman–Crippen MR) is 231 cm³/mol. The summed E-state index contributed by atoms with van der Waals surface area (Å²) in [6.07, 6.45) is 0. The standard InChI is InChI=1S/C36H32N8O22S6.5Na/c1-20-31(34(45)43(41-20)23-4-8-26(9-5-23)70(53,54)17-15-62-72(58,59)60)39-37-21-2-12-27(29(18-21)67-65-63-49)28-13-3-22(19-30(28)71(55,56)57)38-40-32-33(36(47)48)42-44(35(32)46)24-6-10-25(11-7-24)69(51,52)16-14-61-68-66-64-50;;;;;/h2-13,18-19,45-46,49-50H,14-17H2,1H3,(H,47,48)(H,55,56,57)(H,58,59,60);;;;;/q;5*+1/p-5. The molecule has 6 aromatic rings. The van der Waals surface area contributed by atoms with E-state index in [2.05, 4.69) is 53.6 Å². The number of azo groups is 2. The molecule has 0 aliphatic carbocycles. The molecule has 0 fully saturated rings. The summed E-state index contributed by atoms with van der Waals surface area (Å²) >= 11 is 0.361. The molecule has 0 saturated heterocycles. The van der Waals surface area contributed by atoms with Crippen LogP contribution in [0.1, 0.15) is 16.2 Å². The van der Waals surface area contributed by atoms with Gasteiger partial charge < -0.3 is 39.7 Å². The summed E-state index contributed by atoms with van der Waals surface area (Å²) < 4.78 is 139. The molecule has 0 saturated carbocycles. The second-order valence-electron chi connectivity index (χ2n) is 13.7. The maximum Gasteiger partial charge on any atom is 1.00 e. The minimum Gasteiger partial charge on any atom is -0.744 e. The fourth-order valence-corrected chi connectivity index (χ4v) is 10.2. The number of nitrogens with zero attached hydrogens (tertiary/aromatic N) is 8. The number of aryl methyl sites for hydroxylation is 1. The number of carboxylic acid groups (broad SMARTS) is 1. The van der Waals surface area contributed by atoms with Gasteiger partial charge >= 0.3 is 148 Å². The quantitative estimate of drug-likeness (QED) is 0.00830. The van der Waals surface area contributed by atoms with Crippen LogP contribution < -0.4 is 163 Å². The van der Waals surface area contributed by atoms with Crippen molar-refractivity contribution in [3.63, 3.8) is 0 Å². The van der Waals surface area contributed by atoms with Gasteiger partial charge in [-0.25, -0.2) is 33.7 Å². The van der Waals surface area contributed by atoms with Gasteiger partial charge in [0.05, 0.1) is 85.9 Å². The Kier molecular flexibility index (Phi) is 31.1. The van der Waals surface area contributed by atoms with Crippen LogP contribution in [0.4, 0.5) is 22.7 Å². The summed E-state index contributed by atoms with van der Waals surface area (Å²) in [7, 11) is -18.6. The third kappa shape index (κ3) is 19.9. The van der Waals surface area contributed by atoms with Crippen molar-refractivity contribution in [2.45, 2.75) is 26.5 Å². The van der Waals surface area contributed by atoms with Gasteiger partial charge in [0.15, 0.2) is 43.4 Å². The van der Waals surface area contributed by atoms with Crippen molar-refractivity contribution in [3.05, 3.63) is 96.3 Å². The summed E-state index contributed by atoms with van der Waals surface area (Å²) in [6.45, 7) is 0.110. The van der Waals surface area contributed by atoms with Crippen LogP contribution in [0, 0.1) is 6.92 Å². The Morgan fingerprint density at radius 1 is 0.636 bits per heavy atom. The Bertz CT molecular complexity index is 3530. The van der Waals surface area contributed by atoms with E-state index in [4.69, 9.17) is 4.18 Å². The van der Waals surface area contributed by atoms with E-state index < -0.39 is 98.9 Å². The van der Waals surface area contributed by atoms with E-state index in [9.17, 15) is 73.4 Å². The van der Waals surface area contributed by atoms with Crippen molar-refractivity contribution in [3.8, 4) is 34.3 Å². The van der Waals surface area contributed by atoms with E-state index in [1.54, 1.807) is 0 Å². The van der Waals surface area contributed by atoms with Gasteiger partial charge in [-0.2, -0.15) is 34.1 Å². The minimum atomic E-state index is -5.40. The van der Waals surface area contributed by atoms with Gasteiger partial charge in [-0.1, -0.05) is 12.1 Å². The molecule has 2 N–H and O–H groups in total. The summed E-state index contributed by atoms with van der Waals surface area (Å²) in [6, 6.07) is 15.9. The molecule has 0 radical (unpaired) electrons. The molecule has 6 rings (SSSR count). The summed E-state index contributed by atoms with van der Waals surface area (Å²) in [5, 5.41) is 84.7. The zero-order valence-corrected chi connectivity index (χ0v) is 55.4. The Hall–Kier alpha value is -1.33. The van der Waals surface area contributed by atoms with E-state index in [0.29, 0.717) is 4.68 Å². The molecule has 77 heavy (non-hydrogen) atoms. The van der Waals surface area contributed by atoms with E-state index in [1.807, 2.05) is 0 Å². The largest absolute Gasteiger partial charge is 1.00 e. The minimum absolute atomic E-state index is 0. The Morgan fingerprint density at radius 2 is 1.12 bits per heavy atom. The van der Waals surface area contributed by atoms with Gasteiger partial charge in [-0.3, -0.25) is 18.4 Å². The summed E-state index contributed by atoms with van der Waals surface area (Å²) in [5.74, 6) is -4.87. The average molecular weight is 1230 g/mol. The van der Waals surface area contributed by atoms with Crippen LogP contribution in [0.25, 0.3) is 22.5 Å². The van der Waals surface area contributed by atoms with Crippen LogP contribution in [0.5, 0.6) is 11.8 Å². The van der Waals surface area contributed by atoms with Gasteiger partial charge in [0.2, 0.25) is 22.2 Å². The van der Waals surface area contributed by atoms with Crippen molar-refractivity contribution >= 4 is 93.3 Å². The summed E-state index contributed by atoms with van der Waals surface area (Å²) in [5.41, 5.74) is -2.55. The smallest absolute Gasteiger partial charge is 0.744 e. The molecule has 4 aromatic carbocycles. The molecular weight excluding hydrogens is 1200 g/mol. The fourth-order valence-electron chi connectivity index (χ4n) is 6.03. The van der Waals surface area contributed by atoms with Crippen molar-refractivity contribution in [1.82, 2.24) is 19.6 Å². The SMILES string of the molecule is Cc1nn(-c2ccc(S(=O)(=O)CCOS(=O)(=O)[O-])cc2)c(O)c1N=Nc1ccc(-c2ccc(N=Nc3c(C(=O)[O-])nn(-c4ccc(S(=O)(=O)CCOSOO[O-])cc4)c3O)cc2S(=O)(=O)[O-])c(SOO[O-])c1.[Na+].[Na+].[Na+].[Na+].[Na+]. The van der Waals surface area contributed by atoms with Gasteiger partial charge in [0, 0.05) is 10.5 Å². The van der Waals surface area contributed by atoms with Crippen molar-refractivity contribution in [2.24, 2.45) is 20.5 Å². The van der Waals surface area contributed by atoms with Crippen molar-refractivity contribution < 1.29 is 248 Å². The summed E-state index contributed by atoms with van der Waals surface area (Å²) in [4.78, 5) is 10.5. The molecule has 41 heteroatoms. The van der Waals surface area contributed by atoms with E-state index in [-0.39, 0.29) is 232 Å². The molecule has 0 unspecified atom stereocenters. The topological polar surface area (TPSA) is 450 Å². The molecule has 384 valence electrons. The first kappa shape index (κ1) is 73.7. The van der Waals surface area contributed by atoms with Crippen molar-refractivity contribution in [1.29, 1.82) is 0 Å². The molecule has 0 atom stereocenters. The first-order valence-corrected chi connectivity index (χ1v) is 26.4. The molecule has 0 bridgehead atoms. The maximum atomic E-state index is 12.7.